The molecule has 0 fully saturated rings. The van der Waals surface area contributed by atoms with Crippen LogP contribution >= 0.6 is 0 Å². The first-order valence-corrected chi connectivity index (χ1v) is 5.71. The van der Waals surface area contributed by atoms with Gasteiger partial charge in [0.25, 0.3) is 0 Å². The lowest BCUT2D eigenvalue weighted by atomic mass is 10.1. The van der Waals surface area contributed by atoms with E-state index in [9.17, 15) is 5.11 Å². The Labute approximate surface area is 97.4 Å². The average Bonchev–Trinajstić information content (AvgIpc) is 2.24. The van der Waals surface area contributed by atoms with Crippen LogP contribution in [-0.2, 0) is 0 Å². The Morgan fingerprint density at radius 3 is 2.69 bits per heavy atom. The molecule has 3 heteroatoms. The Bertz CT molecular complexity index is 350. The van der Waals surface area contributed by atoms with E-state index in [4.69, 9.17) is 4.74 Å². The smallest absolute Gasteiger partial charge is 0.128 e. The number of aryl methyl sites for hydroxylation is 1. The van der Waals surface area contributed by atoms with Gasteiger partial charge < -0.3 is 15.2 Å². The number of ether oxygens (including phenoxy) is 1. The lowest BCUT2D eigenvalue weighted by Crippen LogP contribution is -2.31. The molecule has 0 radical (unpaired) electrons. The number of hydrogen-bond acceptors (Lipinski definition) is 3. The van der Waals surface area contributed by atoms with E-state index in [2.05, 4.69) is 19.2 Å². The summed E-state index contributed by atoms with van der Waals surface area (Å²) in [6.45, 7) is 9.55. The number of hydrogen-bond donors (Lipinski definition) is 2. The zero-order valence-corrected chi connectivity index (χ0v) is 10.5. The van der Waals surface area contributed by atoms with E-state index in [1.807, 2.05) is 19.9 Å². The maximum atomic E-state index is 9.60. The highest BCUT2D eigenvalue weighted by molar-refractivity contribution is 5.47. The third kappa shape index (κ3) is 3.14. The Balaban J connectivity index is 2.70. The predicted octanol–water partition coefficient (Wildman–Crippen LogP) is 2.39. The fourth-order valence-electron chi connectivity index (χ4n) is 1.65. The van der Waals surface area contributed by atoms with Crippen LogP contribution < -0.4 is 10.1 Å². The predicted molar refractivity (Wildman–Crippen MR) is 66.2 cm³/mol. The van der Waals surface area contributed by atoms with Crippen molar-refractivity contribution in [2.75, 3.05) is 13.2 Å². The maximum absolute atomic E-state index is 9.60. The highest BCUT2D eigenvalue weighted by Crippen LogP contribution is 2.30. The zero-order valence-electron chi connectivity index (χ0n) is 10.5. The highest BCUT2D eigenvalue weighted by atomic mass is 16.5. The molecule has 0 saturated carbocycles. The molecule has 1 aromatic carbocycles. The SMILES string of the molecule is CCNC(C)COc1c(C)ccc(O)c1C. The topological polar surface area (TPSA) is 41.5 Å². The van der Waals surface area contributed by atoms with Gasteiger partial charge in [0, 0.05) is 11.6 Å². The van der Waals surface area contributed by atoms with Crippen LogP contribution in [0.3, 0.4) is 0 Å². The van der Waals surface area contributed by atoms with Crippen LogP contribution in [0.5, 0.6) is 11.5 Å². The molecule has 0 aliphatic heterocycles. The number of phenols is 1. The van der Waals surface area contributed by atoms with Crippen LogP contribution in [0, 0.1) is 13.8 Å². The third-order valence-electron chi connectivity index (χ3n) is 2.60. The summed E-state index contributed by atoms with van der Waals surface area (Å²) in [7, 11) is 0. The molecular weight excluding hydrogens is 202 g/mol. The lowest BCUT2D eigenvalue weighted by molar-refractivity contribution is 0.270. The van der Waals surface area contributed by atoms with Gasteiger partial charge in [-0.1, -0.05) is 13.0 Å². The summed E-state index contributed by atoms with van der Waals surface area (Å²) in [4.78, 5) is 0. The molecule has 16 heavy (non-hydrogen) atoms. The van der Waals surface area contributed by atoms with Crippen molar-refractivity contribution in [2.24, 2.45) is 0 Å². The molecule has 0 spiro atoms. The molecular formula is C13H21NO2. The Hall–Kier alpha value is -1.22. The van der Waals surface area contributed by atoms with Crippen molar-refractivity contribution in [1.82, 2.24) is 5.32 Å². The van der Waals surface area contributed by atoms with Crippen LogP contribution in [0.4, 0.5) is 0 Å². The van der Waals surface area contributed by atoms with E-state index >= 15 is 0 Å². The van der Waals surface area contributed by atoms with Gasteiger partial charge in [-0.3, -0.25) is 0 Å². The van der Waals surface area contributed by atoms with E-state index in [0.29, 0.717) is 12.6 Å². The molecule has 90 valence electrons. The van der Waals surface area contributed by atoms with Gasteiger partial charge in [-0.05, 0) is 38.9 Å². The largest absolute Gasteiger partial charge is 0.508 e. The molecule has 0 aliphatic carbocycles. The second kappa shape index (κ2) is 5.75. The molecule has 0 bridgehead atoms. The summed E-state index contributed by atoms with van der Waals surface area (Å²) in [5, 5.41) is 12.9. The van der Waals surface area contributed by atoms with Crippen LogP contribution in [0.2, 0.25) is 0 Å². The summed E-state index contributed by atoms with van der Waals surface area (Å²) >= 11 is 0. The molecule has 3 nitrogen and oxygen atoms in total. The first kappa shape index (κ1) is 12.8. The molecule has 0 aliphatic rings. The molecule has 1 aromatic rings. The number of aromatic hydroxyl groups is 1. The van der Waals surface area contributed by atoms with Crippen LogP contribution in [0.15, 0.2) is 12.1 Å². The molecule has 0 heterocycles. The summed E-state index contributed by atoms with van der Waals surface area (Å²) in [5.74, 6) is 1.08. The number of benzene rings is 1. The van der Waals surface area contributed by atoms with Crippen LogP contribution in [0.25, 0.3) is 0 Å². The maximum Gasteiger partial charge on any atom is 0.128 e. The van der Waals surface area contributed by atoms with Gasteiger partial charge in [-0.25, -0.2) is 0 Å². The Morgan fingerprint density at radius 2 is 2.06 bits per heavy atom. The van der Waals surface area contributed by atoms with Crippen molar-refractivity contribution in [2.45, 2.75) is 33.7 Å². The number of rotatable bonds is 5. The van der Waals surface area contributed by atoms with Gasteiger partial charge >= 0.3 is 0 Å². The monoisotopic (exact) mass is 223 g/mol. The van der Waals surface area contributed by atoms with Crippen LogP contribution in [-0.4, -0.2) is 24.3 Å². The molecule has 1 rings (SSSR count). The van der Waals surface area contributed by atoms with E-state index in [1.165, 1.54) is 0 Å². The molecule has 0 aromatic heterocycles. The second-order valence-corrected chi connectivity index (χ2v) is 4.13. The number of likely N-dealkylation sites (N-methyl/N-ethyl adjacent to an activating group) is 1. The minimum atomic E-state index is 0.289. The van der Waals surface area contributed by atoms with Crippen molar-refractivity contribution in [3.05, 3.63) is 23.3 Å². The summed E-state index contributed by atoms with van der Waals surface area (Å²) in [5.41, 5.74) is 1.86. The summed E-state index contributed by atoms with van der Waals surface area (Å²) in [6, 6.07) is 3.88. The molecule has 1 unspecified atom stereocenters. The minimum Gasteiger partial charge on any atom is -0.508 e. The van der Waals surface area contributed by atoms with Gasteiger partial charge in [-0.2, -0.15) is 0 Å². The molecule has 2 N–H and O–H groups in total. The van der Waals surface area contributed by atoms with Gasteiger partial charge in [0.15, 0.2) is 0 Å². The molecule has 0 saturated heterocycles. The van der Waals surface area contributed by atoms with E-state index in [-0.39, 0.29) is 5.75 Å². The molecule has 0 amide bonds. The van der Waals surface area contributed by atoms with Gasteiger partial charge in [-0.15, -0.1) is 0 Å². The summed E-state index contributed by atoms with van der Waals surface area (Å²) < 4.78 is 5.74. The minimum absolute atomic E-state index is 0.289. The highest BCUT2D eigenvalue weighted by Gasteiger charge is 2.09. The third-order valence-corrected chi connectivity index (χ3v) is 2.60. The fourth-order valence-corrected chi connectivity index (χ4v) is 1.65. The number of nitrogens with one attached hydrogen (secondary N) is 1. The van der Waals surface area contributed by atoms with Crippen LogP contribution in [0.1, 0.15) is 25.0 Å². The zero-order chi connectivity index (χ0) is 12.1. The normalized spacial score (nSPS) is 12.5. The lowest BCUT2D eigenvalue weighted by Gasteiger charge is -2.17. The van der Waals surface area contributed by atoms with Crippen molar-refractivity contribution >= 4 is 0 Å². The summed E-state index contributed by atoms with van der Waals surface area (Å²) in [6.07, 6.45) is 0. The van der Waals surface area contributed by atoms with Gasteiger partial charge in [0.05, 0.1) is 0 Å². The first-order valence-electron chi connectivity index (χ1n) is 5.71. The molecule has 1 atom stereocenters. The van der Waals surface area contributed by atoms with E-state index < -0.39 is 0 Å². The van der Waals surface area contributed by atoms with Gasteiger partial charge in [0.2, 0.25) is 0 Å². The number of phenolic OH excluding ortho intramolecular Hbond substituents is 1. The standard InChI is InChI=1S/C13H21NO2/c1-5-14-10(3)8-16-13-9(2)6-7-12(15)11(13)4/h6-7,10,14-15H,5,8H2,1-4H3. The van der Waals surface area contributed by atoms with Crippen molar-refractivity contribution in [3.8, 4) is 11.5 Å². The Kier molecular flexibility index (Phi) is 4.62. The first-order chi connectivity index (χ1) is 7.56. The fraction of sp³-hybridized carbons (Fsp3) is 0.538. The van der Waals surface area contributed by atoms with Crippen molar-refractivity contribution in [1.29, 1.82) is 0 Å². The van der Waals surface area contributed by atoms with Crippen molar-refractivity contribution in [3.63, 3.8) is 0 Å². The average molecular weight is 223 g/mol. The van der Waals surface area contributed by atoms with E-state index in [0.717, 1.165) is 23.4 Å². The van der Waals surface area contributed by atoms with Crippen molar-refractivity contribution < 1.29 is 9.84 Å². The quantitative estimate of drug-likeness (QED) is 0.805. The second-order valence-electron chi connectivity index (χ2n) is 4.13. The van der Waals surface area contributed by atoms with Gasteiger partial charge in [0.1, 0.15) is 18.1 Å². The van der Waals surface area contributed by atoms with E-state index in [1.54, 1.807) is 6.07 Å². The Morgan fingerprint density at radius 1 is 1.38 bits per heavy atom.